The molecule has 2 heteroatoms. The highest BCUT2D eigenvalue weighted by molar-refractivity contribution is 8.00. The van der Waals surface area contributed by atoms with Crippen LogP contribution in [0.3, 0.4) is 0 Å². The quantitative estimate of drug-likeness (QED) is 0.875. The number of rotatable bonds is 4. The molecule has 0 radical (unpaired) electrons. The van der Waals surface area contributed by atoms with Gasteiger partial charge in [-0.05, 0) is 50.3 Å². The van der Waals surface area contributed by atoms with E-state index in [-0.39, 0.29) is 6.04 Å². The first kappa shape index (κ1) is 13.0. The van der Waals surface area contributed by atoms with E-state index in [1.165, 1.54) is 41.7 Å². The van der Waals surface area contributed by atoms with Gasteiger partial charge in [-0.25, -0.2) is 0 Å². The SMILES string of the molecule is Cc1cc(CC(C)N)ccc1SC1CCCC1. The highest BCUT2D eigenvalue weighted by Crippen LogP contribution is 2.36. The predicted octanol–water partition coefficient (Wildman–Crippen LogP) is 3.92. The van der Waals surface area contributed by atoms with Crippen LogP contribution in [0, 0.1) is 6.92 Å². The molecule has 1 fully saturated rings. The molecule has 1 aromatic carbocycles. The van der Waals surface area contributed by atoms with Gasteiger partial charge in [0, 0.05) is 16.2 Å². The molecule has 1 atom stereocenters. The van der Waals surface area contributed by atoms with Crippen LogP contribution in [-0.4, -0.2) is 11.3 Å². The summed E-state index contributed by atoms with van der Waals surface area (Å²) in [6, 6.07) is 7.09. The van der Waals surface area contributed by atoms with E-state index in [0.29, 0.717) is 0 Å². The Hall–Kier alpha value is -0.470. The average Bonchev–Trinajstić information content (AvgIpc) is 2.74. The van der Waals surface area contributed by atoms with Crippen LogP contribution < -0.4 is 5.73 Å². The first-order valence-corrected chi connectivity index (χ1v) is 7.55. The van der Waals surface area contributed by atoms with Crippen molar-refractivity contribution >= 4 is 11.8 Å². The van der Waals surface area contributed by atoms with Crippen molar-refractivity contribution in [2.75, 3.05) is 0 Å². The maximum absolute atomic E-state index is 5.84. The minimum Gasteiger partial charge on any atom is -0.328 e. The maximum Gasteiger partial charge on any atom is 0.0104 e. The molecule has 0 heterocycles. The summed E-state index contributed by atoms with van der Waals surface area (Å²) in [7, 11) is 0. The summed E-state index contributed by atoms with van der Waals surface area (Å²) in [5, 5.41) is 0.855. The zero-order valence-electron chi connectivity index (χ0n) is 10.9. The highest BCUT2D eigenvalue weighted by Gasteiger charge is 2.16. The molecule has 1 aromatic rings. The topological polar surface area (TPSA) is 26.0 Å². The Morgan fingerprint density at radius 3 is 2.65 bits per heavy atom. The maximum atomic E-state index is 5.84. The van der Waals surface area contributed by atoms with Crippen LogP contribution >= 0.6 is 11.8 Å². The minimum absolute atomic E-state index is 0.253. The van der Waals surface area contributed by atoms with Gasteiger partial charge >= 0.3 is 0 Å². The highest BCUT2D eigenvalue weighted by atomic mass is 32.2. The Bertz CT molecular complexity index is 367. The molecule has 1 aliphatic carbocycles. The molecule has 1 aliphatic rings. The Kier molecular flexibility index (Phi) is 4.52. The largest absolute Gasteiger partial charge is 0.328 e. The molecular formula is C15H23NS. The van der Waals surface area contributed by atoms with Gasteiger partial charge < -0.3 is 5.73 Å². The molecule has 2 N–H and O–H groups in total. The van der Waals surface area contributed by atoms with Crippen molar-refractivity contribution in [3.05, 3.63) is 29.3 Å². The van der Waals surface area contributed by atoms with E-state index in [2.05, 4.69) is 43.8 Å². The molecule has 0 aliphatic heterocycles. The lowest BCUT2D eigenvalue weighted by molar-refractivity contribution is 0.737. The van der Waals surface area contributed by atoms with Gasteiger partial charge in [-0.2, -0.15) is 0 Å². The fraction of sp³-hybridized carbons (Fsp3) is 0.600. The molecule has 0 amide bonds. The lowest BCUT2D eigenvalue weighted by Crippen LogP contribution is -2.17. The number of hydrogen-bond donors (Lipinski definition) is 1. The molecule has 0 spiro atoms. The second-order valence-corrected chi connectivity index (χ2v) is 6.65. The predicted molar refractivity (Wildman–Crippen MR) is 76.6 cm³/mol. The Balaban J connectivity index is 2.03. The van der Waals surface area contributed by atoms with E-state index >= 15 is 0 Å². The van der Waals surface area contributed by atoms with Gasteiger partial charge in [-0.15, -0.1) is 11.8 Å². The van der Waals surface area contributed by atoms with Gasteiger partial charge in [-0.3, -0.25) is 0 Å². The van der Waals surface area contributed by atoms with Crippen molar-refractivity contribution in [2.24, 2.45) is 5.73 Å². The summed E-state index contributed by atoms with van der Waals surface area (Å²) in [5.41, 5.74) is 8.62. The van der Waals surface area contributed by atoms with Gasteiger partial charge in [0.25, 0.3) is 0 Å². The molecule has 0 bridgehead atoms. The van der Waals surface area contributed by atoms with Gasteiger partial charge in [0.2, 0.25) is 0 Å². The second-order valence-electron chi connectivity index (χ2n) is 5.31. The van der Waals surface area contributed by atoms with Crippen LogP contribution in [0.5, 0.6) is 0 Å². The molecular weight excluding hydrogens is 226 g/mol. The fourth-order valence-electron chi connectivity index (χ4n) is 2.53. The van der Waals surface area contributed by atoms with E-state index in [9.17, 15) is 0 Å². The summed E-state index contributed by atoms with van der Waals surface area (Å²) < 4.78 is 0. The zero-order valence-corrected chi connectivity index (χ0v) is 11.7. The smallest absolute Gasteiger partial charge is 0.0104 e. The number of aryl methyl sites for hydroxylation is 1. The molecule has 0 saturated heterocycles. The molecule has 17 heavy (non-hydrogen) atoms. The lowest BCUT2D eigenvalue weighted by Gasteiger charge is -2.13. The summed E-state index contributed by atoms with van der Waals surface area (Å²) in [6.45, 7) is 4.29. The number of nitrogens with two attached hydrogens (primary N) is 1. The van der Waals surface area contributed by atoms with Gasteiger partial charge in [0.15, 0.2) is 0 Å². The number of thioether (sulfide) groups is 1. The summed E-state index contributed by atoms with van der Waals surface area (Å²) >= 11 is 2.07. The standard InChI is InChI=1S/C15H23NS/c1-11-9-13(10-12(2)16)7-8-15(11)17-14-5-3-4-6-14/h7-9,12,14H,3-6,10,16H2,1-2H3. The van der Waals surface area contributed by atoms with E-state index in [4.69, 9.17) is 5.73 Å². The number of benzene rings is 1. The van der Waals surface area contributed by atoms with Crippen LogP contribution in [0.15, 0.2) is 23.1 Å². The summed E-state index contributed by atoms with van der Waals surface area (Å²) in [5.74, 6) is 0. The van der Waals surface area contributed by atoms with E-state index in [1.807, 2.05) is 0 Å². The van der Waals surface area contributed by atoms with Crippen LogP contribution in [0.2, 0.25) is 0 Å². The first-order valence-electron chi connectivity index (χ1n) is 6.67. The zero-order chi connectivity index (χ0) is 12.3. The van der Waals surface area contributed by atoms with E-state index in [1.54, 1.807) is 0 Å². The fourth-order valence-corrected chi connectivity index (χ4v) is 3.85. The molecule has 1 saturated carbocycles. The average molecular weight is 249 g/mol. The summed E-state index contributed by atoms with van der Waals surface area (Å²) in [6.07, 6.45) is 6.60. The van der Waals surface area contributed by atoms with Crippen molar-refractivity contribution in [1.29, 1.82) is 0 Å². The van der Waals surface area contributed by atoms with Crippen molar-refractivity contribution in [2.45, 2.75) is 62.1 Å². The third kappa shape index (κ3) is 3.75. The van der Waals surface area contributed by atoms with Gasteiger partial charge in [-0.1, -0.05) is 25.0 Å². The minimum atomic E-state index is 0.253. The molecule has 1 unspecified atom stereocenters. The second kappa shape index (κ2) is 5.92. The molecule has 2 rings (SSSR count). The monoisotopic (exact) mass is 249 g/mol. The molecule has 94 valence electrons. The first-order chi connectivity index (χ1) is 8.15. The lowest BCUT2D eigenvalue weighted by atomic mass is 10.1. The van der Waals surface area contributed by atoms with Crippen molar-refractivity contribution in [3.63, 3.8) is 0 Å². The van der Waals surface area contributed by atoms with Crippen molar-refractivity contribution in [3.8, 4) is 0 Å². The van der Waals surface area contributed by atoms with Crippen molar-refractivity contribution < 1.29 is 0 Å². The third-order valence-corrected chi connectivity index (χ3v) is 4.91. The Morgan fingerprint density at radius 1 is 1.35 bits per heavy atom. The number of hydrogen-bond acceptors (Lipinski definition) is 2. The Morgan fingerprint density at radius 2 is 2.06 bits per heavy atom. The molecule has 1 nitrogen and oxygen atoms in total. The van der Waals surface area contributed by atoms with Crippen LogP contribution in [0.4, 0.5) is 0 Å². The van der Waals surface area contributed by atoms with Gasteiger partial charge in [0.05, 0.1) is 0 Å². The van der Waals surface area contributed by atoms with Crippen LogP contribution in [0.1, 0.15) is 43.7 Å². The van der Waals surface area contributed by atoms with E-state index < -0.39 is 0 Å². The van der Waals surface area contributed by atoms with E-state index in [0.717, 1.165) is 11.7 Å². The van der Waals surface area contributed by atoms with Crippen molar-refractivity contribution in [1.82, 2.24) is 0 Å². The molecule has 0 aromatic heterocycles. The van der Waals surface area contributed by atoms with Crippen LogP contribution in [0.25, 0.3) is 0 Å². The van der Waals surface area contributed by atoms with Crippen LogP contribution in [-0.2, 0) is 6.42 Å². The van der Waals surface area contributed by atoms with Gasteiger partial charge in [0.1, 0.15) is 0 Å². The Labute approximate surface area is 109 Å². The normalized spacial score (nSPS) is 18.5. The third-order valence-electron chi connectivity index (χ3n) is 3.39. The summed E-state index contributed by atoms with van der Waals surface area (Å²) in [4.78, 5) is 1.46.